The summed E-state index contributed by atoms with van der Waals surface area (Å²) in [6.07, 6.45) is -0.667. The molecule has 3 amide bonds. The van der Waals surface area contributed by atoms with Crippen LogP contribution in [0.4, 0.5) is 9.18 Å². The summed E-state index contributed by atoms with van der Waals surface area (Å²) < 4.78 is 24.4. The lowest BCUT2D eigenvalue weighted by Gasteiger charge is -2.11. The van der Waals surface area contributed by atoms with Gasteiger partial charge in [0.1, 0.15) is 0 Å². The highest BCUT2D eigenvalue weighted by Gasteiger charge is 2.18. The number of ether oxygens (including phenoxy) is 1. The first-order valence-electron chi connectivity index (χ1n) is 7.83. The third-order valence-electron chi connectivity index (χ3n) is 2.91. The fourth-order valence-corrected chi connectivity index (χ4v) is 2.38. The van der Waals surface area contributed by atoms with Gasteiger partial charge in [-0.2, -0.15) is 0 Å². The molecule has 0 aliphatic rings. The van der Waals surface area contributed by atoms with Gasteiger partial charge in [0.2, 0.25) is 5.91 Å². The van der Waals surface area contributed by atoms with Gasteiger partial charge in [0, 0.05) is 6.04 Å². The standard InChI is InChI=1S/C16H19FN4O4S/c1-9(2)18-15(23)19-13(22)8-26-16-21-20-14(25-16)10(3)24-12-7-5-4-6-11(12)17/h4-7,9-10H,8H2,1-3H3,(H2,18,19,22,23)/t10-/m0/s1. The van der Waals surface area contributed by atoms with E-state index in [9.17, 15) is 14.0 Å². The summed E-state index contributed by atoms with van der Waals surface area (Å²) >= 11 is 0.975. The molecule has 8 nitrogen and oxygen atoms in total. The highest BCUT2D eigenvalue weighted by Crippen LogP contribution is 2.25. The van der Waals surface area contributed by atoms with E-state index in [2.05, 4.69) is 20.8 Å². The second-order valence-electron chi connectivity index (χ2n) is 5.56. The number of carbonyl (C=O) groups is 2. The average molecular weight is 382 g/mol. The zero-order chi connectivity index (χ0) is 19.1. The van der Waals surface area contributed by atoms with Gasteiger partial charge in [-0.05, 0) is 32.9 Å². The molecular formula is C16H19FN4O4S. The quantitative estimate of drug-likeness (QED) is 0.709. The van der Waals surface area contributed by atoms with E-state index in [1.807, 2.05) is 0 Å². The predicted molar refractivity (Wildman–Crippen MR) is 92.3 cm³/mol. The Kier molecular flexibility index (Phi) is 6.96. The van der Waals surface area contributed by atoms with E-state index in [4.69, 9.17) is 9.15 Å². The minimum absolute atomic E-state index is 0.0722. The van der Waals surface area contributed by atoms with Gasteiger partial charge >= 0.3 is 6.03 Å². The molecule has 0 bridgehead atoms. The van der Waals surface area contributed by atoms with E-state index in [0.717, 1.165) is 11.8 Å². The molecule has 2 rings (SSSR count). The number of urea groups is 1. The molecule has 0 spiro atoms. The fraction of sp³-hybridized carbons (Fsp3) is 0.375. The van der Waals surface area contributed by atoms with E-state index in [-0.39, 0.29) is 28.7 Å². The first kappa shape index (κ1) is 19.7. The molecule has 2 N–H and O–H groups in total. The Morgan fingerprint density at radius 1 is 1.27 bits per heavy atom. The fourth-order valence-electron chi connectivity index (χ4n) is 1.81. The number of amides is 3. The summed E-state index contributed by atoms with van der Waals surface area (Å²) in [5, 5.41) is 12.5. The third-order valence-corrected chi connectivity index (χ3v) is 3.73. The molecule has 10 heteroatoms. The number of imide groups is 1. The van der Waals surface area contributed by atoms with Crippen molar-refractivity contribution in [2.75, 3.05) is 5.75 Å². The van der Waals surface area contributed by atoms with Gasteiger partial charge in [-0.15, -0.1) is 10.2 Å². The number of nitrogens with one attached hydrogen (secondary N) is 2. The molecule has 0 aliphatic heterocycles. The lowest BCUT2D eigenvalue weighted by molar-refractivity contribution is -0.117. The summed E-state index contributed by atoms with van der Waals surface area (Å²) in [6.45, 7) is 5.20. The van der Waals surface area contributed by atoms with Crippen LogP contribution in [-0.2, 0) is 4.79 Å². The van der Waals surface area contributed by atoms with Gasteiger partial charge in [-0.3, -0.25) is 10.1 Å². The zero-order valence-electron chi connectivity index (χ0n) is 14.5. The van der Waals surface area contributed by atoms with E-state index in [0.29, 0.717) is 0 Å². The molecule has 2 aromatic rings. The van der Waals surface area contributed by atoms with Crippen LogP contribution in [0.25, 0.3) is 0 Å². The zero-order valence-corrected chi connectivity index (χ0v) is 15.3. The molecule has 1 heterocycles. The summed E-state index contributed by atoms with van der Waals surface area (Å²) in [7, 11) is 0. The number of halogens is 1. The molecule has 0 unspecified atom stereocenters. The number of benzene rings is 1. The maximum atomic E-state index is 13.6. The van der Waals surface area contributed by atoms with Crippen LogP contribution in [0.1, 0.15) is 32.8 Å². The van der Waals surface area contributed by atoms with Gasteiger partial charge in [0.25, 0.3) is 11.1 Å². The topological polar surface area (TPSA) is 106 Å². The van der Waals surface area contributed by atoms with Crippen molar-refractivity contribution < 1.29 is 23.1 Å². The molecule has 140 valence electrons. The van der Waals surface area contributed by atoms with Gasteiger partial charge in [0.15, 0.2) is 17.7 Å². The largest absolute Gasteiger partial charge is 0.478 e. The van der Waals surface area contributed by atoms with Crippen molar-refractivity contribution in [2.24, 2.45) is 0 Å². The van der Waals surface area contributed by atoms with Crippen molar-refractivity contribution in [2.45, 2.75) is 38.1 Å². The lowest BCUT2D eigenvalue weighted by Crippen LogP contribution is -2.43. The number of thioether (sulfide) groups is 1. The minimum Gasteiger partial charge on any atom is -0.478 e. The predicted octanol–water partition coefficient (Wildman–Crippen LogP) is 2.68. The summed E-state index contributed by atoms with van der Waals surface area (Å²) in [6, 6.07) is 5.33. The van der Waals surface area contributed by atoms with Crippen LogP contribution in [0.15, 0.2) is 33.9 Å². The second-order valence-corrected chi connectivity index (χ2v) is 6.49. The minimum atomic E-state index is -0.667. The maximum absolute atomic E-state index is 13.6. The van der Waals surface area contributed by atoms with Gasteiger partial charge < -0.3 is 14.5 Å². The summed E-state index contributed by atoms with van der Waals surface area (Å²) in [4.78, 5) is 23.1. The number of para-hydroxylation sites is 1. The van der Waals surface area contributed by atoms with Gasteiger partial charge in [0.05, 0.1) is 5.75 Å². The lowest BCUT2D eigenvalue weighted by atomic mass is 10.3. The Morgan fingerprint density at radius 3 is 2.69 bits per heavy atom. The van der Waals surface area contributed by atoms with Crippen molar-refractivity contribution in [3.63, 3.8) is 0 Å². The van der Waals surface area contributed by atoms with E-state index >= 15 is 0 Å². The molecule has 0 radical (unpaired) electrons. The van der Waals surface area contributed by atoms with Gasteiger partial charge in [-0.25, -0.2) is 9.18 Å². The Hall–Kier alpha value is -2.62. The first-order chi connectivity index (χ1) is 12.3. The molecule has 0 fully saturated rings. The van der Waals surface area contributed by atoms with Crippen molar-refractivity contribution in [1.82, 2.24) is 20.8 Å². The normalized spacial score (nSPS) is 11.9. The van der Waals surface area contributed by atoms with Crippen LogP contribution in [0, 0.1) is 5.82 Å². The Balaban J connectivity index is 1.84. The number of aromatic nitrogens is 2. The molecule has 1 aromatic heterocycles. The van der Waals surface area contributed by atoms with E-state index in [1.54, 1.807) is 32.9 Å². The van der Waals surface area contributed by atoms with Crippen molar-refractivity contribution in [1.29, 1.82) is 0 Å². The highest BCUT2D eigenvalue weighted by atomic mass is 32.2. The molecule has 0 saturated heterocycles. The number of hydrogen-bond donors (Lipinski definition) is 2. The van der Waals surface area contributed by atoms with Crippen molar-refractivity contribution in [3.8, 4) is 5.75 Å². The number of hydrogen-bond acceptors (Lipinski definition) is 7. The Morgan fingerprint density at radius 2 is 2.00 bits per heavy atom. The Labute approximate surface area is 153 Å². The van der Waals surface area contributed by atoms with E-state index < -0.39 is 23.9 Å². The monoisotopic (exact) mass is 382 g/mol. The smallest absolute Gasteiger partial charge is 0.321 e. The van der Waals surface area contributed by atoms with Crippen LogP contribution in [0.2, 0.25) is 0 Å². The van der Waals surface area contributed by atoms with E-state index in [1.165, 1.54) is 12.1 Å². The van der Waals surface area contributed by atoms with Crippen molar-refractivity contribution in [3.05, 3.63) is 36.0 Å². The molecule has 1 aromatic carbocycles. The summed E-state index contributed by atoms with van der Waals surface area (Å²) in [5.41, 5.74) is 0. The maximum Gasteiger partial charge on any atom is 0.321 e. The van der Waals surface area contributed by atoms with Crippen LogP contribution in [-0.4, -0.2) is 33.9 Å². The SMILES string of the molecule is CC(C)NC(=O)NC(=O)CSc1nnc([C@H](C)Oc2ccccc2F)o1. The van der Waals surface area contributed by atoms with Crippen LogP contribution < -0.4 is 15.4 Å². The molecule has 26 heavy (non-hydrogen) atoms. The molecule has 1 atom stereocenters. The van der Waals surface area contributed by atoms with Crippen molar-refractivity contribution >= 4 is 23.7 Å². The third kappa shape index (κ3) is 6.03. The average Bonchev–Trinajstić information content (AvgIpc) is 3.03. The number of nitrogens with zero attached hydrogens (tertiary/aromatic N) is 2. The highest BCUT2D eigenvalue weighted by molar-refractivity contribution is 7.99. The van der Waals surface area contributed by atoms with Crippen LogP contribution in [0.3, 0.4) is 0 Å². The number of carbonyl (C=O) groups excluding carboxylic acids is 2. The number of rotatable bonds is 7. The van der Waals surface area contributed by atoms with Gasteiger partial charge in [-0.1, -0.05) is 23.9 Å². The molecular weight excluding hydrogens is 363 g/mol. The summed E-state index contributed by atoms with van der Waals surface area (Å²) in [5.74, 6) is -0.847. The Bertz CT molecular complexity index is 768. The molecule has 0 saturated carbocycles. The van der Waals surface area contributed by atoms with Crippen LogP contribution >= 0.6 is 11.8 Å². The molecule has 0 aliphatic carbocycles. The second kappa shape index (κ2) is 9.18. The van der Waals surface area contributed by atoms with Crippen LogP contribution in [0.5, 0.6) is 5.75 Å². The first-order valence-corrected chi connectivity index (χ1v) is 8.81.